The number of nitrogens with zero attached hydrogens (tertiary/aromatic N) is 1. The average Bonchev–Trinajstić information content (AvgIpc) is 2.88. The molecular formula is C17H23N3O3S. The quantitative estimate of drug-likeness (QED) is 0.743. The van der Waals surface area contributed by atoms with Gasteiger partial charge >= 0.3 is 0 Å². The Morgan fingerprint density at radius 1 is 1.42 bits per heavy atom. The summed E-state index contributed by atoms with van der Waals surface area (Å²) in [4.78, 5) is 28.3. The van der Waals surface area contributed by atoms with Gasteiger partial charge in [0.25, 0.3) is 0 Å². The zero-order valence-corrected chi connectivity index (χ0v) is 14.8. The molecule has 0 aliphatic carbocycles. The Kier molecular flexibility index (Phi) is 7.27. The van der Waals surface area contributed by atoms with Crippen molar-refractivity contribution in [2.24, 2.45) is 4.99 Å². The summed E-state index contributed by atoms with van der Waals surface area (Å²) < 4.78 is 5.02. The molecule has 2 amide bonds. The molecule has 2 rings (SSSR count). The van der Waals surface area contributed by atoms with E-state index in [1.807, 2.05) is 37.3 Å². The zero-order valence-electron chi connectivity index (χ0n) is 14.0. The van der Waals surface area contributed by atoms with Gasteiger partial charge in [-0.05, 0) is 18.9 Å². The molecule has 0 unspecified atom stereocenters. The van der Waals surface area contributed by atoms with Gasteiger partial charge in [-0.25, -0.2) is 0 Å². The van der Waals surface area contributed by atoms with Crippen molar-refractivity contribution in [3.05, 3.63) is 35.9 Å². The number of amidine groups is 1. The summed E-state index contributed by atoms with van der Waals surface area (Å²) in [6.45, 7) is 2.96. The summed E-state index contributed by atoms with van der Waals surface area (Å²) in [7, 11) is 1.61. The molecule has 2 N–H and O–H groups in total. The zero-order chi connectivity index (χ0) is 17.4. The third-order valence-electron chi connectivity index (χ3n) is 3.47. The fourth-order valence-corrected chi connectivity index (χ4v) is 3.38. The second-order valence-corrected chi connectivity index (χ2v) is 6.82. The van der Waals surface area contributed by atoms with Crippen molar-refractivity contribution >= 4 is 28.7 Å². The third kappa shape index (κ3) is 5.98. The normalized spacial score (nSPS) is 20.0. The number of rotatable bonds is 8. The van der Waals surface area contributed by atoms with E-state index in [4.69, 9.17) is 4.74 Å². The van der Waals surface area contributed by atoms with Gasteiger partial charge < -0.3 is 15.4 Å². The first-order valence-electron chi connectivity index (χ1n) is 7.93. The lowest BCUT2D eigenvalue weighted by atomic mass is 10.1. The molecule has 1 heterocycles. The van der Waals surface area contributed by atoms with E-state index in [2.05, 4.69) is 15.6 Å². The first kappa shape index (κ1) is 18.5. The highest BCUT2D eigenvalue weighted by atomic mass is 32.2. The van der Waals surface area contributed by atoms with Crippen LogP contribution in [0.25, 0.3) is 0 Å². The molecule has 6 nitrogen and oxygen atoms in total. The summed E-state index contributed by atoms with van der Waals surface area (Å²) in [5.41, 5.74) is 1.17. The van der Waals surface area contributed by atoms with Gasteiger partial charge in [0.2, 0.25) is 11.8 Å². The number of methoxy groups -OCH3 is 1. The molecule has 0 bridgehead atoms. The average molecular weight is 349 g/mol. The number of hydrogen-bond donors (Lipinski definition) is 2. The molecule has 2 atom stereocenters. The monoisotopic (exact) mass is 349 g/mol. The van der Waals surface area contributed by atoms with Crippen molar-refractivity contribution in [1.29, 1.82) is 0 Å². The molecule has 130 valence electrons. The lowest BCUT2D eigenvalue weighted by Crippen LogP contribution is -2.32. The van der Waals surface area contributed by atoms with Crippen LogP contribution in [0, 0.1) is 0 Å². The maximum absolute atomic E-state index is 12.0. The van der Waals surface area contributed by atoms with Crippen LogP contribution < -0.4 is 10.6 Å². The Morgan fingerprint density at radius 3 is 2.88 bits per heavy atom. The Morgan fingerprint density at radius 2 is 2.17 bits per heavy atom. The number of thioether (sulfide) groups is 1. The van der Waals surface area contributed by atoms with E-state index < -0.39 is 5.25 Å². The van der Waals surface area contributed by atoms with E-state index >= 15 is 0 Å². The van der Waals surface area contributed by atoms with Gasteiger partial charge in [0.05, 0.1) is 12.6 Å². The van der Waals surface area contributed by atoms with E-state index in [1.54, 1.807) is 7.11 Å². The molecule has 24 heavy (non-hydrogen) atoms. The van der Waals surface area contributed by atoms with Gasteiger partial charge in [-0.3, -0.25) is 14.6 Å². The van der Waals surface area contributed by atoms with Crippen LogP contribution >= 0.6 is 11.8 Å². The standard InChI is InChI=1S/C17H23N3O3S/c1-12(11-23-2)19-17-20-16(22)14(24-17)10-15(21)18-9-8-13-6-4-3-5-7-13/h3-7,12,14H,8-11H2,1-2H3,(H,18,21)(H,19,20,22)/t12-,14+/m0/s1. The number of carbonyl (C=O) groups excluding carboxylic acids is 2. The van der Waals surface area contributed by atoms with Crippen LogP contribution in [0.3, 0.4) is 0 Å². The Labute approximate surface area is 146 Å². The highest BCUT2D eigenvalue weighted by Crippen LogP contribution is 2.22. The van der Waals surface area contributed by atoms with Crippen LogP contribution in [0.1, 0.15) is 18.9 Å². The summed E-state index contributed by atoms with van der Waals surface area (Å²) in [5.74, 6) is -0.286. The largest absolute Gasteiger partial charge is 0.382 e. The van der Waals surface area contributed by atoms with Crippen molar-refractivity contribution in [3.8, 4) is 0 Å². The Bertz CT molecular complexity index is 592. The minimum absolute atomic E-state index is 0.0313. The van der Waals surface area contributed by atoms with Gasteiger partial charge in [0.1, 0.15) is 5.25 Å². The molecule has 0 saturated carbocycles. The van der Waals surface area contributed by atoms with Crippen molar-refractivity contribution in [2.75, 3.05) is 20.3 Å². The first-order valence-corrected chi connectivity index (χ1v) is 8.81. The molecule has 1 fully saturated rings. The van der Waals surface area contributed by atoms with Gasteiger partial charge in [-0.2, -0.15) is 0 Å². The third-order valence-corrected chi connectivity index (χ3v) is 4.57. The predicted molar refractivity (Wildman–Crippen MR) is 96.1 cm³/mol. The summed E-state index contributed by atoms with van der Waals surface area (Å²) in [6.07, 6.45) is 0.931. The molecule has 0 aromatic heterocycles. The van der Waals surface area contributed by atoms with Crippen LogP contribution in [0.5, 0.6) is 0 Å². The van der Waals surface area contributed by atoms with E-state index in [0.717, 1.165) is 6.42 Å². The number of nitrogens with one attached hydrogen (secondary N) is 2. The highest BCUT2D eigenvalue weighted by Gasteiger charge is 2.32. The molecule has 0 radical (unpaired) electrons. The van der Waals surface area contributed by atoms with Crippen LogP contribution in [-0.4, -0.2) is 48.5 Å². The van der Waals surface area contributed by atoms with Crippen molar-refractivity contribution in [2.45, 2.75) is 31.1 Å². The lowest BCUT2D eigenvalue weighted by molar-refractivity contribution is -0.125. The predicted octanol–water partition coefficient (Wildman–Crippen LogP) is 1.36. The molecule has 1 saturated heterocycles. The maximum atomic E-state index is 12.0. The van der Waals surface area contributed by atoms with E-state index in [0.29, 0.717) is 18.3 Å². The molecule has 0 spiro atoms. The number of carbonyl (C=O) groups is 2. The summed E-state index contributed by atoms with van der Waals surface area (Å²) in [5, 5.41) is 5.72. The molecule has 1 aromatic carbocycles. The fourth-order valence-electron chi connectivity index (χ4n) is 2.31. The fraction of sp³-hybridized carbons (Fsp3) is 0.471. The molecule has 1 aromatic rings. The van der Waals surface area contributed by atoms with Gasteiger partial charge in [-0.1, -0.05) is 42.1 Å². The molecule has 1 aliphatic heterocycles. The van der Waals surface area contributed by atoms with Crippen molar-refractivity contribution in [3.63, 3.8) is 0 Å². The summed E-state index contributed by atoms with van der Waals surface area (Å²) >= 11 is 1.30. The molecule has 7 heteroatoms. The highest BCUT2D eigenvalue weighted by molar-refractivity contribution is 8.15. The Balaban J connectivity index is 1.74. The first-order chi connectivity index (χ1) is 11.6. The SMILES string of the molecule is COC[C@H](C)N=C1NC(=O)[C@@H](CC(=O)NCCc2ccccc2)S1. The number of amides is 2. The van der Waals surface area contributed by atoms with Crippen LogP contribution in [0.15, 0.2) is 35.3 Å². The van der Waals surface area contributed by atoms with E-state index in [1.165, 1.54) is 17.3 Å². The maximum Gasteiger partial charge on any atom is 0.240 e. The van der Waals surface area contributed by atoms with Gasteiger partial charge in [-0.15, -0.1) is 0 Å². The van der Waals surface area contributed by atoms with Gasteiger partial charge in [0.15, 0.2) is 5.17 Å². The second-order valence-electron chi connectivity index (χ2n) is 5.62. The number of ether oxygens (including phenoxy) is 1. The lowest BCUT2D eigenvalue weighted by Gasteiger charge is -2.07. The second kappa shape index (κ2) is 9.44. The van der Waals surface area contributed by atoms with Crippen molar-refractivity contribution in [1.82, 2.24) is 10.6 Å². The summed E-state index contributed by atoms with van der Waals surface area (Å²) in [6, 6.07) is 9.93. The Hall–Kier alpha value is -1.86. The van der Waals surface area contributed by atoms with E-state index in [9.17, 15) is 9.59 Å². The van der Waals surface area contributed by atoms with Gasteiger partial charge in [0, 0.05) is 20.1 Å². The topological polar surface area (TPSA) is 79.8 Å². The smallest absolute Gasteiger partial charge is 0.240 e. The van der Waals surface area contributed by atoms with Crippen LogP contribution in [0.4, 0.5) is 0 Å². The molecular weight excluding hydrogens is 326 g/mol. The minimum Gasteiger partial charge on any atom is -0.382 e. The number of aliphatic imine (C=N–C) groups is 1. The van der Waals surface area contributed by atoms with Crippen LogP contribution in [0.2, 0.25) is 0 Å². The molecule has 1 aliphatic rings. The number of benzene rings is 1. The van der Waals surface area contributed by atoms with Crippen molar-refractivity contribution < 1.29 is 14.3 Å². The minimum atomic E-state index is -0.421. The van der Waals surface area contributed by atoms with Crippen LogP contribution in [-0.2, 0) is 20.7 Å². The van der Waals surface area contributed by atoms with E-state index in [-0.39, 0.29) is 24.3 Å². The number of hydrogen-bond acceptors (Lipinski definition) is 5.